The maximum atomic E-state index is 11.8. The number of furan rings is 1. The first kappa shape index (κ1) is 15.4. The topological polar surface area (TPSA) is 88.4 Å². The Labute approximate surface area is 110 Å². The van der Waals surface area contributed by atoms with Crippen molar-refractivity contribution < 1.29 is 17.0 Å². The van der Waals surface area contributed by atoms with E-state index in [4.69, 9.17) is 4.42 Å². The lowest BCUT2D eigenvalue weighted by Crippen LogP contribution is -2.27. The van der Waals surface area contributed by atoms with Crippen molar-refractivity contribution in [1.29, 1.82) is 0 Å². The molecule has 0 aliphatic rings. The zero-order valence-corrected chi connectivity index (χ0v) is 12.1. The van der Waals surface area contributed by atoms with E-state index in [1.807, 2.05) is 0 Å². The molecule has 0 saturated heterocycles. The summed E-state index contributed by atoms with van der Waals surface area (Å²) in [5.41, 5.74) is 0. The SMILES string of the molecule is CCS(=O)CCNS(=O)(=O)c1ccc(CNC)o1. The van der Waals surface area contributed by atoms with E-state index in [0.29, 0.717) is 23.8 Å². The number of nitrogens with one attached hydrogen (secondary N) is 2. The van der Waals surface area contributed by atoms with E-state index >= 15 is 0 Å². The minimum Gasteiger partial charge on any atom is -0.447 e. The zero-order chi connectivity index (χ0) is 13.6. The summed E-state index contributed by atoms with van der Waals surface area (Å²) in [4.78, 5) is 0. The second-order valence-electron chi connectivity index (χ2n) is 3.58. The highest BCUT2D eigenvalue weighted by Crippen LogP contribution is 2.13. The van der Waals surface area contributed by atoms with Gasteiger partial charge >= 0.3 is 0 Å². The molecule has 1 heterocycles. The van der Waals surface area contributed by atoms with Crippen LogP contribution in [0.15, 0.2) is 21.6 Å². The van der Waals surface area contributed by atoms with E-state index in [1.54, 1.807) is 20.0 Å². The van der Waals surface area contributed by atoms with Crippen molar-refractivity contribution in [2.75, 3.05) is 25.1 Å². The molecule has 0 radical (unpaired) electrons. The molecule has 0 aliphatic heterocycles. The molecule has 0 fully saturated rings. The first-order valence-electron chi connectivity index (χ1n) is 5.57. The number of rotatable bonds is 8. The Balaban J connectivity index is 2.59. The Kier molecular flexibility index (Phi) is 6.00. The molecule has 6 nitrogen and oxygen atoms in total. The van der Waals surface area contributed by atoms with Gasteiger partial charge < -0.3 is 9.73 Å². The second kappa shape index (κ2) is 7.03. The molecule has 0 aliphatic carbocycles. The van der Waals surface area contributed by atoms with Gasteiger partial charge in [-0.05, 0) is 19.2 Å². The molecule has 8 heteroatoms. The van der Waals surface area contributed by atoms with Gasteiger partial charge in [0.25, 0.3) is 10.0 Å². The van der Waals surface area contributed by atoms with Crippen molar-refractivity contribution in [2.24, 2.45) is 0 Å². The molecular weight excluding hydrogens is 276 g/mol. The third-order valence-electron chi connectivity index (χ3n) is 2.20. The van der Waals surface area contributed by atoms with Gasteiger partial charge in [-0.1, -0.05) is 6.92 Å². The van der Waals surface area contributed by atoms with E-state index in [-0.39, 0.29) is 11.6 Å². The second-order valence-corrected chi connectivity index (χ2v) is 7.14. The molecule has 1 atom stereocenters. The zero-order valence-electron chi connectivity index (χ0n) is 10.4. The smallest absolute Gasteiger partial charge is 0.273 e. The Morgan fingerprint density at radius 1 is 1.39 bits per heavy atom. The van der Waals surface area contributed by atoms with Crippen molar-refractivity contribution in [3.05, 3.63) is 17.9 Å². The summed E-state index contributed by atoms with van der Waals surface area (Å²) >= 11 is 0. The molecular formula is C10H18N2O4S2. The molecule has 104 valence electrons. The Morgan fingerprint density at radius 2 is 2.11 bits per heavy atom. The monoisotopic (exact) mass is 294 g/mol. The average Bonchev–Trinajstić information content (AvgIpc) is 2.78. The maximum absolute atomic E-state index is 11.8. The van der Waals surface area contributed by atoms with Crippen molar-refractivity contribution in [3.8, 4) is 0 Å². The van der Waals surface area contributed by atoms with Gasteiger partial charge in [0.05, 0.1) is 6.54 Å². The molecule has 2 N–H and O–H groups in total. The molecule has 1 rings (SSSR count). The van der Waals surface area contributed by atoms with Crippen molar-refractivity contribution >= 4 is 20.8 Å². The van der Waals surface area contributed by atoms with Gasteiger partial charge in [0.15, 0.2) is 0 Å². The number of hydrogen-bond donors (Lipinski definition) is 2. The van der Waals surface area contributed by atoms with Crippen LogP contribution >= 0.6 is 0 Å². The summed E-state index contributed by atoms with van der Waals surface area (Å²) in [5, 5.41) is 2.75. The molecule has 18 heavy (non-hydrogen) atoms. The Hall–Kier alpha value is -0.700. The van der Waals surface area contributed by atoms with E-state index in [9.17, 15) is 12.6 Å². The fourth-order valence-corrected chi connectivity index (χ4v) is 3.00. The van der Waals surface area contributed by atoms with Gasteiger partial charge in [0.1, 0.15) is 5.76 Å². The first-order valence-corrected chi connectivity index (χ1v) is 8.54. The summed E-state index contributed by atoms with van der Waals surface area (Å²) in [6.45, 7) is 2.40. The predicted molar refractivity (Wildman–Crippen MR) is 70.2 cm³/mol. The van der Waals surface area contributed by atoms with Gasteiger partial charge in [-0.15, -0.1) is 0 Å². The standard InChI is InChI=1S/C10H18N2O4S2/c1-3-17(13)7-6-12-18(14,15)10-5-4-9(16-10)8-11-2/h4-5,11-12H,3,6-8H2,1-2H3. The van der Waals surface area contributed by atoms with Crippen LogP contribution in [0.25, 0.3) is 0 Å². The molecule has 0 spiro atoms. The van der Waals surface area contributed by atoms with Crippen molar-refractivity contribution in [2.45, 2.75) is 18.6 Å². The highest BCUT2D eigenvalue weighted by Gasteiger charge is 2.18. The Morgan fingerprint density at radius 3 is 2.72 bits per heavy atom. The Bertz CT molecular complexity index is 496. The van der Waals surface area contributed by atoms with E-state index in [0.717, 1.165) is 0 Å². The van der Waals surface area contributed by atoms with Crippen LogP contribution in [0.3, 0.4) is 0 Å². The summed E-state index contributed by atoms with van der Waals surface area (Å²) in [7, 11) is -2.88. The van der Waals surface area contributed by atoms with Crippen LogP contribution in [0.5, 0.6) is 0 Å². The molecule has 0 saturated carbocycles. The van der Waals surface area contributed by atoms with E-state index in [1.165, 1.54) is 6.07 Å². The van der Waals surface area contributed by atoms with Gasteiger partial charge in [-0.3, -0.25) is 4.21 Å². The van der Waals surface area contributed by atoms with Crippen molar-refractivity contribution in [3.63, 3.8) is 0 Å². The van der Waals surface area contributed by atoms with Gasteiger partial charge in [-0.25, -0.2) is 13.1 Å². The largest absolute Gasteiger partial charge is 0.447 e. The summed E-state index contributed by atoms with van der Waals surface area (Å²) < 4.78 is 42.3. The van der Waals surface area contributed by atoms with Crippen LogP contribution in [-0.2, 0) is 27.4 Å². The minimum atomic E-state index is -3.64. The third kappa shape index (κ3) is 4.52. The van der Waals surface area contributed by atoms with Crippen LogP contribution in [-0.4, -0.2) is 37.7 Å². The molecule has 1 aromatic rings. The minimum absolute atomic E-state index is 0.116. The fraction of sp³-hybridized carbons (Fsp3) is 0.600. The highest BCUT2D eigenvalue weighted by atomic mass is 32.2. The average molecular weight is 294 g/mol. The van der Waals surface area contributed by atoms with Crippen LogP contribution < -0.4 is 10.0 Å². The van der Waals surface area contributed by atoms with Gasteiger partial charge in [0, 0.05) is 28.9 Å². The molecule has 0 amide bonds. The van der Waals surface area contributed by atoms with Crippen LogP contribution in [0.4, 0.5) is 0 Å². The molecule has 0 bridgehead atoms. The maximum Gasteiger partial charge on any atom is 0.273 e. The predicted octanol–water partition coefficient (Wildman–Crippen LogP) is 0.0459. The number of sulfonamides is 1. The lowest BCUT2D eigenvalue weighted by atomic mass is 10.4. The first-order chi connectivity index (χ1) is 8.49. The summed E-state index contributed by atoms with van der Waals surface area (Å²) in [6.07, 6.45) is 0. The normalized spacial score (nSPS) is 13.7. The summed E-state index contributed by atoms with van der Waals surface area (Å²) in [6, 6.07) is 3.01. The quantitative estimate of drug-likeness (QED) is 0.707. The lowest BCUT2D eigenvalue weighted by Gasteiger charge is -2.03. The van der Waals surface area contributed by atoms with E-state index in [2.05, 4.69) is 10.0 Å². The molecule has 1 aromatic heterocycles. The molecule has 0 aromatic carbocycles. The third-order valence-corrected chi connectivity index (χ3v) is 4.83. The van der Waals surface area contributed by atoms with Crippen LogP contribution in [0, 0.1) is 0 Å². The lowest BCUT2D eigenvalue weighted by molar-refractivity contribution is 0.405. The fourth-order valence-electron chi connectivity index (χ4n) is 1.28. The van der Waals surface area contributed by atoms with Gasteiger partial charge in [-0.2, -0.15) is 0 Å². The van der Waals surface area contributed by atoms with E-state index < -0.39 is 20.8 Å². The van der Waals surface area contributed by atoms with Crippen molar-refractivity contribution in [1.82, 2.24) is 10.0 Å². The number of hydrogen-bond acceptors (Lipinski definition) is 5. The van der Waals surface area contributed by atoms with Crippen LogP contribution in [0.1, 0.15) is 12.7 Å². The highest BCUT2D eigenvalue weighted by molar-refractivity contribution is 7.89. The van der Waals surface area contributed by atoms with Gasteiger partial charge in [0.2, 0.25) is 5.09 Å². The summed E-state index contributed by atoms with van der Waals surface area (Å²) in [5.74, 6) is 1.38. The molecule has 1 unspecified atom stereocenters. The van der Waals surface area contributed by atoms with Crippen LogP contribution in [0.2, 0.25) is 0 Å².